The zero-order valence-corrected chi connectivity index (χ0v) is 6.42. The van der Waals surface area contributed by atoms with Gasteiger partial charge in [-0.25, -0.2) is 9.59 Å². The Kier molecular flexibility index (Phi) is 3.18. The summed E-state index contributed by atoms with van der Waals surface area (Å²) in [5, 5.41) is 0. The van der Waals surface area contributed by atoms with Crippen LogP contribution in [0.25, 0.3) is 0 Å². The molecular formula is C7H10O4. The molecule has 4 nitrogen and oxygen atoms in total. The van der Waals surface area contributed by atoms with Gasteiger partial charge >= 0.3 is 11.9 Å². The largest absolute Gasteiger partial charge is 0.466 e. The molecule has 0 N–H and O–H groups in total. The number of methoxy groups -OCH3 is 2. The zero-order valence-electron chi connectivity index (χ0n) is 7.42. The van der Waals surface area contributed by atoms with Gasteiger partial charge < -0.3 is 9.47 Å². The van der Waals surface area contributed by atoms with E-state index in [1.165, 1.54) is 14.2 Å². The molecule has 0 atom stereocenters. The van der Waals surface area contributed by atoms with E-state index < -0.39 is 11.9 Å². The average Bonchev–Trinajstić information content (AvgIpc) is 2.12. The molecule has 0 fully saturated rings. The van der Waals surface area contributed by atoms with E-state index >= 15 is 0 Å². The van der Waals surface area contributed by atoms with Crippen LogP contribution in [0.5, 0.6) is 0 Å². The highest BCUT2D eigenvalue weighted by molar-refractivity contribution is 5.95. The Morgan fingerprint density at radius 3 is 2.36 bits per heavy atom. The number of rotatable bonds is 2. The molecule has 0 aliphatic heterocycles. The summed E-state index contributed by atoms with van der Waals surface area (Å²) in [7, 11) is 2.38. The summed E-state index contributed by atoms with van der Waals surface area (Å²) in [6, 6.07) is 0. The maximum atomic E-state index is 10.8. The molecule has 0 aromatic heterocycles. The van der Waals surface area contributed by atoms with E-state index in [4.69, 9.17) is 1.37 Å². The number of carbonyl (C=O) groups excluding carboxylic acids is 2. The van der Waals surface area contributed by atoms with Crippen molar-refractivity contribution in [1.29, 1.82) is 0 Å². The van der Waals surface area contributed by atoms with Crippen molar-refractivity contribution < 1.29 is 20.4 Å². The molecule has 0 aliphatic carbocycles. The van der Waals surface area contributed by atoms with E-state index in [0.29, 0.717) is 0 Å². The molecule has 0 heterocycles. The van der Waals surface area contributed by atoms with Crippen LogP contribution in [0.4, 0.5) is 0 Å². The quantitative estimate of drug-likeness (QED) is 0.429. The first-order chi connectivity index (χ1) is 5.65. The minimum atomic E-state index is -0.685. The molecule has 0 aromatic carbocycles. The Labute approximate surface area is 66.2 Å². The lowest BCUT2D eigenvalue weighted by atomic mass is 10.3. The van der Waals surface area contributed by atoms with Crippen LogP contribution in [-0.4, -0.2) is 26.2 Å². The third-order valence-corrected chi connectivity index (χ3v) is 0.941. The first kappa shape index (κ1) is 7.78. The van der Waals surface area contributed by atoms with Crippen molar-refractivity contribution in [2.24, 2.45) is 0 Å². The maximum Gasteiger partial charge on any atom is 0.333 e. The predicted molar refractivity (Wildman–Crippen MR) is 37.8 cm³/mol. The standard InChI is InChI=1S/C7H10O4/c1-5(7(9)11-3)4-6(8)10-2/h4H,1-3H3/b5-4+/i1D. The maximum absolute atomic E-state index is 10.8. The molecule has 0 aliphatic rings. The fourth-order valence-electron chi connectivity index (χ4n) is 0.391. The van der Waals surface area contributed by atoms with Crippen molar-refractivity contribution in [1.82, 2.24) is 0 Å². The summed E-state index contributed by atoms with van der Waals surface area (Å²) in [5.41, 5.74) is -0.0237. The molecule has 0 saturated carbocycles. The lowest BCUT2D eigenvalue weighted by molar-refractivity contribution is -0.138. The van der Waals surface area contributed by atoms with E-state index in [-0.39, 0.29) is 12.5 Å². The van der Waals surface area contributed by atoms with Gasteiger partial charge in [-0.2, -0.15) is 0 Å². The highest BCUT2D eigenvalue weighted by Crippen LogP contribution is 1.95. The molecule has 0 saturated heterocycles. The second-order valence-electron chi connectivity index (χ2n) is 1.68. The lowest BCUT2D eigenvalue weighted by Gasteiger charge is -1.96. The summed E-state index contributed by atoms with van der Waals surface area (Å²) in [6.45, 7) is -0.304. The topological polar surface area (TPSA) is 52.6 Å². The molecule has 0 radical (unpaired) electrons. The number of ether oxygens (including phenoxy) is 2. The first-order valence-electron chi connectivity index (χ1n) is 3.52. The number of esters is 2. The molecule has 11 heavy (non-hydrogen) atoms. The van der Waals surface area contributed by atoms with Crippen molar-refractivity contribution in [2.45, 2.75) is 6.90 Å². The fraction of sp³-hybridized carbons (Fsp3) is 0.429. The highest BCUT2D eigenvalue weighted by Gasteiger charge is 2.05. The Bertz CT molecular complexity index is 209. The van der Waals surface area contributed by atoms with E-state index in [1.54, 1.807) is 0 Å². The lowest BCUT2D eigenvalue weighted by Crippen LogP contribution is -2.05. The second-order valence-corrected chi connectivity index (χ2v) is 1.68. The SMILES string of the molecule is [2H]C/C(=C\C(=O)OC)C(=O)OC. The van der Waals surface area contributed by atoms with Crippen molar-refractivity contribution in [3.63, 3.8) is 0 Å². The van der Waals surface area contributed by atoms with Crippen LogP contribution in [0.15, 0.2) is 11.6 Å². The van der Waals surface area contributed by atoms with Crippen LogP contribution in [0.3, 0.4) is 0 Å². The molecule has 4 heteroatoms. The van der Waals surface area contributed by atoms with Crippen LogP contribution in [0, 0.1) is 0 Å². The van der Waals surface area contributed by atoms with Gasteiger partial charge in [-0.3, -0.25) is 0 Å². The third-order valence-electron chi connectivity index (χ3n) is 0.941. The highest BCUT2D eigenvalue weighted by atomic mass is 16.5. The minimum Gasteiger partial charge on any atom is -0.466 e. The Morgan fingerprint density at radius 1 is 1.36 bits per heavy atom. The summed E-state index contributed by atoms with van der Waals surface area (Å²) in [6.07, 6.45) is 0.943. The summed E-state index contributed by atoms with van der Waals surface area (Å²) < 4.78 is 15.5. The van der Waals surface area contributed by atoms with Gasteiger partial charge in [-0.15, -0.1) is 0 Å². The molecule has 0 aromatic rings. The van der Waals surface area contributed by atoms with Gasteiger partial charge in [0.05, 0.1) is 14.2 Å². The van der Waals surface area contributed by atoms with Gasteiger partial charge in [0.15, 0.2) is 0 Å². The van der Waals surface area contributed by atoms with Gasteiger partial charge in [0, 0.05) is 13.0 Å². The molecule has 0 spiro atoms. The van der Waals surface area contributed by atoms with Gasteiger partial charge in [-0.1, -0.05) is 0 Å². The number of carbonyl (C=O) groups is 2. The van der Waals surface area contributed by atoms with Gasteiger partial charge in [0.1, 0.15) is 0 Å². The van der Waals surface area contributed by atoms with Crippen LogP contribution < -0.4 is 0 Å². The zero-order chi connectivity index (χ0) is 9.56. The van der Waals surface area contributed by atoms with Crippen molar-refractivity contribution in [3.05, 3.63) is 11.6 Å². The molecule has 0 bridgehead atoms. The van der Waals surface area contributed by atoms with Gasteiger partial charge in [0.25, 0.3) is 0 Å². The fourth-order valence-corrected chi connectivity index (χ4v) is 0.391. The van der Waals surface area contributed by atoms with Gasteiger partial charge in [-0.05, 0) is 6.90 Å². The van der Waals surface area contributed by atoms with E-state index in [0.717, 1.165) is 6.08 Å². The third kappa shape index (κ3) is 3.40. The second kappa shape index (κ2) is 4.49. The number of hydrogen-bond acceptors (Lipinski definition) is 4. The van der Waals surface area contributed by atoms with E-state index in [1.807, 2.05) is 0 Å². The van der Waals surface area contributed by atoms with Crippen LogP contribution in [-0.2, 0) is 19.1 Å². The van der Waals surface area contributed by atoms with Gasteiger partial charge in [0.2, 0.25) is 0 Å². The average molecular weight is 159 g/mol. The Morgan fingerprint density at radius 2 is 2.00 bits per heavy atom. The van der Waals surface area contributed by atoms with Crippen LogP contribution in [0.1, 0.15) is 8.27 Å². The Balaban J connectivity index is 4.43. The minimum absolute atomic E-state index is 0.0237. The summed E-state index contributed by atoms with van der Waals surface area (Å²) in [5.74, 6) is -1.35. The van der Waals surface area contributed by atoms with Crippen molar-refractivity contribution >= 4 is 11.9 Å². The number of hydrogen-bond donors (Lipinski definition) is 0. The Hall–Kier alpha value is -1.32. The normalized spacial score (nSPS) is 11.8. The van der Waals surface area contributed by atoms with Crippen LogP contribution >= 0.6 is 0 Å². The van der Waals surface area contributed by atoms with Crippen LogP contribution in [0.2, 0.25) is 0 Å². The molecule has 0 rings (SSSR count). The van der Waals surface area contributed by atoms with Crippen molar-refractivity contribution in [2.75, 3.05) is 14.2 Å². The predicted octanol–water partition coefficient (Wildman–Crippen LogP) is 0.279. The van der Waals surface area contributed by atoms with Crippen molar-refractivity contribution in [3.8, 4) is 0 Å². The molecule has 0 amide bonds. The first-order valence-corrected chi connectivity index (χ1v) is 2.81. The molecular weight excluding hydrogens is 148 g/mol. The smallest absolute Gasteiger partial charge is 0.333 e. The van der Waals surface area contributed by atoms with E-state index in [2.05, 4.69) is 9.47 Å². The summed E-state index contributed by atoms with van der Waals surface area (Å²) in [4.78, 5) is 21.4. The molecule has 0 unspecified atom stereocenters. The monoisotopic (exact) mass is 159 g/mol. The van der Waals surface area contributed by atoms with E-state index in [9.17, 15) is 9.59 Å². The summed E-state index contributed by atoms with van der Waals surface area (Å²) >= 11 is 0. The molecule has 62 valence electrons.